The third-order valence-corrected chi connectivity index (χ3v) is 9.96. The molecule has 17 heteroatoms. The van der Waals surface area contributed by atoms with E-state index < -0.39 is 11.4 Å². The summed E-state index contributed by atoms with van der Waals surface area (Å²) < 4.78 is 45.2. The summed E-state index contributed by atoms with van der Waals surface area (Å²) in [6.07, 6.45) is 9.43. The van der Waals surface area contributed by atoms with Crippen LogP contribution in [-0.4, -0.2) is 83.8 Å². The summed E-state index contributed by atoms with van der Waals surface area (Å²) in [7, 11) is 0. The maximum Gasteiger partial charge on any atom is 0.306 e. The molecule has 0 amide bonds. The molecule has 59 heavy (non-hydrogen) atoms. The number of ether oxygens (including phenoxy) is 3. The quantitative estimate of drug-likeness (QED) is 0.106. The van der Waals surface area contributed by atoms with Gasteiger partial charge in [-0.1, -0.05) is 6.92 Å². The van der Waals surface area contributed by atoms with Crippen molar-refractivity contribution in [3.05, 3.63) is 84.2 Å². The van der Waals surface area contributed by atoms with E-state index >= 15 is 0 Å². The van der Waals surface area contributed by atoms with Gasteiger partial charge in [0.15, 0.2) is 11.3 Å². The van der Waals surface area contributed by atoms with Crippen molar-refractivity contribution < 1.29 is 27.8 Å². The van der Waals surface area contributed by atoms with Crippen LogP contribution >= 0.6 is 0 Å². The number of H-pyrrole nitrogens is 2. The zero-order valence-corrected chi connectivity index (χ0v) is 34.0. The minimum absolute atomic E-state index is 0.0508. The van der Waals surface area contributed by atoms with Gasteiger partial charge in [0.25, 0.3) is 0 Å². The molecule has 2 aliphatic rings. The molecule has 6 aromatic rings. The van der Waals surface area contributed by atoms with Gasteiger partial charge in [-0.2, -0.15) is 0 Å². The van der Waals surface area contributed by atoms with E-state index in [9.17, 15) is 13.6 Å². The van der Waals surface area contributed by atoms with Gasteiger partial charge in [-0.25, -0.2) is 38.7 Å². The van der Waals surface area contributed by atoms with E-state index in [0.717, 1.165) is 73.2 Å². The fourth-order valence-corrected chi connectivity index (χ4v) is 7.43. The molecule has 4 atom stereocenters. The average molecular weight is 812 g/mol. The first-order valence-corrected chi connectivity index (χ1v) is 20.0. The Morgan fingerprint density at radius 1 is 0.797 bits per heavy atom. The van der Waals surface area contributed by atoms with Crippen LogP contribution in [0.4, 0.5) is 20.4 Å². The van der Waals surface area contributed by atoms with Crippen molar-refractivity contribution in [2.24, 2.45) is 11.7 Å². The number of carbonyl (C=O) groups is 1. The number of pyridine rings is 4. The number of hydrogen-bond acceptors (Lipinski definition) is 13. The summed E-state index contributed by atoms with van der Waals surface area (Å²) in [5.41, 5.74) is 9.72. The van der Waals surface area contributed by atoms with Crippen LogP contribution in [0.5, 0.6) is 11.8 Å². The maximum absolute atomic E-state index is 14.2. The number of aromatic amines is 2. The van der Waals surface area contributed by atoms with Crippen molar-refractivity contribution in [3.63, 3.8) is 0 Å². The fraction of sp³-hybridized carbons (Fsp3) is 0.452. The summed E-state index contributed by atoms with van der Waals surface area (Å²) in [5.74, 6) is 1.26. The smallest absolute Gasteiger partial charge is 0.306 e. The predicted octanol–water partition coefficient (Wildman–Crippen LogP) is 7.14. The minimum Gasteiger partial charge on any atom is -0.477 e. The van der Waals surface area contributed by atoms with Gasteiger partial charge in [0.2, 0.25) is 11.8 Å². The Bertz CT molecular complexity index is 2360. The number of hydrogen-bond donors (Lipinski definition) is 3. The number of fused-ring (bicyclic) bond motifs is 2. The Morgan fingerprint density at radius 3 is 1.76 bits per heavy atom. The van der Waals surface area contributed by atoms with Crippen molar-refractivity contribution in [3.8, 4) is 11.8 Å². The normalized spacial score (nSPS) is 17.8. The lowest BCUT2D eigenvalue weighted by Crippen LogP contribution is -2.27. The van der Waals surface area contributed by atoms with Crippen LogP contribution in [0.2, 0.25) is 0 Å². The van der Waals surface area contributed by atoms with Crippen LogP contribution in [0.1, 0.15) is 89.9 Å². The van der Waals surface area contributed by atoms with Crippen LogP contribution in [0.15, 0.2) is 61.4 Å². The molecule has 8 rings (SSSR count). The number of nitrogens with zero attached hydrogens (tertiary/aromatic N) is 8. The summed E-state index contributed by atoms with van der Waals surface area (Å²) in [6, 6.07) is 10.5. The van der Waals surface area contributed by atoms with Gasteiger partial charge in [0.05, 0.1) is 61.2 Å². The minimum atomic E-state index is -0.526. The van der Waals surface area contributed by atoms with Gasteiger partial charge in [-0.15, -0.1) is 0 Å². The number of anilines is 2. The Kier molecular flexibility index (Phi) is 12.5. The molecule has 2 saturated heterocycles. The molecular formula is C42H51F2N11O4. The molecule has 15 nitrogen and oxygen atoms in total. The Labute approximate surface area is 341 Å². The highest BCUT2D eigenvalue weighted by atomic mass is 19.1. The number of imidazole rings is 2. The van der Waals surface area contributed by atoms with Crippen LogP contribution in [0, 0.1) is 17.6 Å². The van der Waals surface area contributed by atoms with E-state index in [1.807, 2.05) is 58.9 Å². The summed E-state index contributed by atoms with van der Waals surface area (Å²) >= 11 is 0. The summed E-state index contributed by atoms with van der Waals surface area (Å²) in [5, 5.41) is 0. The number of nitrogens with one attached hydrogen (secondary N) is 2. The molecule has 0 aromatic carbocycles. The van der Waals surface area contributed by atoms with E-state index in [2.05, 4.69) is 49.7 Å². The molecule has 4 N–H and O–H groups in total. The second-order valence-corrected chi connectivity index (χ2v) is 16.2. The van der Waals surface area contributed by atoms with E-state index in [-0.39, 0.29) is 48.9 Å². The molecule has 2 unspecified atom stereocenters. The van der Waals surface area contributed by atoms with Gasteiger partial charge in [0.1, 0.15) is 35.5 Å². The highest BCUT2D eigenvalue weighted by Crippen LogP contribution is 2.40. The zero-order valence-electron chi connectivity index (χ0n) is 34.0. The van der Waals surface area contributed by atoms with Crippen molar-refractivity contribution >= 4 is 39.9 Å². The average Bonchev–Trinajstić information content (AvgIpc) is 4.03. The summed E-state index contributed by atoms with van der Waals surface area (Å²) in [4.78, 5) is 48.6. The zero-order chi connectivity index (χ0) is 41.7. The number of carbonyl (C=O) groups excluding carboxylic acids is 1. The van der Waals surface area contributed by atoms with Gasteiger partial charge in [0, 0.05) is 36.2 Å². The first-order valence-electron chi connectivity index (χ1n) is 20.0. The maximum atomic E-state index is 14.2. The second kappa shape index (κ2) is 17.9. The van der Waals surface area contributed by atoms with Crippen LogP contribution in [-0.2, 0) is 9.53 Å². The van der Waals surface area contributed by atoms with E-state index in [1.165, 1.54) is 18.3 Å². The first-order chi connectivity index (χ1) is 28.3. The van der Waals surface area contributed by atoms with Crippen molar-refractivity contribution in [1.29, 1.82) is 0 Å². The number of rotatable bonds is 12. The molecule has 2 fully saturated rings. The molecule has 0 radical (unpaired) electrons. The number of nitrogens with two attached hydrogens (primary N) is 1. The molecule has 0 aliphatic carbocycles. The first kappa shape index (κ1) is 41.2. The van der Waals surface area contributed by atoms with Crippen molar-refractivity contribution in [2.45, 2.75) is 90.4 Å². The highest BCUT2D eigenvalue weighted by Gasteiger charge is 2.32. The largest absolute Gasteiger partial charge is 0.477 e. The van der Waals surface area contributed by atoms with Crippen LogP contribution < -0.4 is 25.0 Å². The van der Waals surface area contributed by atoms with E-state index in [1.54, 1.807) is 12.7 Å². The molecule has 2 aliphatic heterocycles. The molecule has 8 heterocycles. The van der Waals surface area contributed by atoms with Gasteiger partial charge < -0.3 is 39.7 Å². The van der Waals surface area contributed by atoms with Crippen molar-refractivity contribution in [1.82, 2.24) is 39.9 Å². The Morgan fingerprint density at radius 2 is 1.29 bits per heavy atom. The number of halogens is 2. The molecule has 6 aromatic heterocycles. The molecular weight excluding hydrogens is 761 g/mol. The topological polar surface area (TPSA) is 186 Å². The molecule has 0 bridgehead atoms. The fourth-order valence-electron chi connectivity index (χ4n) is 7.43. The van der Waals surface area contributed by atoms with E-state index in [4.69, 9.17) is 19.9 Å². The lowest BCUT2D eigenvalue weighted by molar-refractivity contribution is -0.156. The third kappa shape index (κ3) is 10.2. The lowest BCUT2D eigenvalue weighted by Gasteiger charge is -2.27. The van der Waals surface area contributed by atoms with E-state index in [0.29, 0.717) is 35.2 Å². The highest BCUT2D eigenvalue weighted by molar-refractivity contribution is 5.73. The van der Waals surface area contributed by atoms with Gasteiger partial charge in [-0.05, 0) is 89.8 Å². The van der Waals surface area contributed by atoms with Crippen LogP contribution in [0.25, 0.3) is 22.3 Å². The monoisotopic (exact) mass is 811 g/mol. The second-order valence-electron chi connectivity index (χ2n) is 16.2. The third-order valence-electron chi connectivity index (χ3n) is 9.96. The predicted molar refractivity (Wildman–Crippen MR) is 219 cm³/mol. The SMILES string of the molecule is C[C@@H](COc1ncc(F)cc1C1CCCN1c1ccc2[nH]cnc2n1)CC(=O)OC(C)(C)C.C[C@H](N)COc1ncc(F)cc1C1CCCN1c1ccc2[nH]cnc2n1. The lowest BCUT2D eigenvalue weighted by atomic mass is 10.1. The van der Waals surface area contributed by atoms with Crippen LogP contribution in [0.3, 0.4) is 0 Å². The number of esters is 1. The Balaban J connectivity index is 0.000000184. The van der Waals surface area contributed by atoms with Crippen molar-refractivity contribution in [2.75, 3.05) is 36.1 Å². The number of aromatic nitrogens is 8. The van der Waals surface area contributed by atoms with Gasteiger partial charge >= 0.3 is 5.97 Å². The standard InChI is InChI=1S/C24H30FN5O3.C18H21FN6O/c1-15(10-21(31)33-24(2,3)4)13-32-23-17(11-16(25)12-26-23)19-6-5-9-30(19)20-8-7-18-22(29-20)28-14-27-18;1-11(20)9-26-18-13(7-12(19)8-21-18)15-3-2-6-25(15)16-5-4-14-17(24-16)23-10-22-14/h7-8,11-12,14-15,19H,5-6,9-10,13H2,1-4H3,(H,27,28,29);4-5,7-8,10-11,15H,2-3,6,9,20H2,1H3,(H,22,23,24)/t15-,19?;11-,15?/m10/s1. The molecule has 0 spiro atoms. The molecule has 0 saturated carbocycles. The van der Waals surface area contributed by atoms with Gasteiger partial charge in [-0.3, -0.25) is 4.79 Å². The summed E-state index contributed by atoms with van der Waals surface area (Å²) in [6.45, 7) is 11.5. The Hall–Kier alpha value is -5.97. The molecule has 312 valence electrons.